The average molecular weight is 216 g/mol. The molecule has 0 fully saturated rings. The van der Waals surface area contributed by atoms with Gasteiger partial charge in [0.15, 0.2) is 17.4 Å². The molecule has 0 unspecified atom stereocenters. The zero-order valence-electron chi connectivity index (χ0n) is 7.87. The quantitative estimate of drug-likeness (QED) is 0.767. The van der Waals surface area contributed by atoms with Crippen LogP contribution in [-0.4, -0.2) is 17.7 Å². The van der Waals surface area contributed by atoms with Crippen LogP contribution in [0.2, 0.25) is 0 Å². The Balaban J connectivity index is 2.47. The molecule has 0 atom stereocenters. The van der Waals surface area contributed by atoms with E-state index in [-0.39, 0.29) is 19.4 Å². The van der Waals surface area contributed by atoms with Crippen LogP contribution in [-0.2, 0) is 4.79 Å². The van der Waals surface area contributed by atoms with Crippen LogP contribution in [0.3, 0.4) is 0 Å². The first kappa shape index (κ1) is 11.4. The van der Waals surface area contributed by atoms with E-state index in [2.05, 4.69) is 0 Å². The summed E-state index contributed by atoms with van der Waals surface area (Å²) in [5.74, 6) is -2.99. The average Bonchev–Trinajstić information content (AvgIpc) is 2.15. The summed E-state index contributed by atoms with van der Waals surface area (Å²) in [4.78, 5) is 10.1. The minimum Gasteiger partial charge on any atom is -0.488 e. The van der Waals surface area contributed by atoms with Gasteiger partial charge in [0, 0.05) is 6.42 Å². The Bertz CT molecular complexity index is 332. The third-order valence-corrected chi connectivity index (χ3v) is 1.70. The highest BCUT2D eigenvalue weighted by Crippen LogP contribution is 2.20. The van der Waals surface area contributed by atoms with Crippen LogP contribution in [0.5, 0.6) is 5.75 Å². The second kappa shape index (κ2) is 5.29. The van der Waals surface area contributed by atoms with Crippen molar-refractivity contribution < 1.29 is 23.4 Å². The largest absolute Gasteiger partial charge is 0.488 e. The SMILES string of the molecule is O=C(O)CCCOc1c(F)cccc1F. The van der Waals surface area contributed by atoms with Crippen molar-refractivity contribution in [3.8, 4) is 5.75 Å². The molecule has 0 aliphatic heterocycles. The number of rotatable bonds is 5. The first-order valence-corrected chi connectivity index (χ1v) is 4.40. The summed E-state index contributed by atoms with van der Waals surface area (Å²) in [6, 6.07) is 3.39. The molecule has 15 heavy (non-hydrogen) atoms. The molecular formula is C10H10F2O3. The van der Waals surface area contributed by atoms with E-state index < -0.39 is 23.4 Å². The number of ether oxygens (including phenoxy) is 1. The Morgan fingerprint density at radius 1 is 1.33 bits per heavy atom. The number of para-hydroxylation sites is 1. The van der Waals surface area contributed by atoms with Crippen molar-refractivity contribution in [2.24, 2.45) is 0 Å². The maximum atomic E-state index is 13.0. The lowest BCUT2D eigenvalue weighted by Gasteiger charge is -2.06. The molecule has 0 bridgehead atoms. The molecule has 0 saturated heterocycles. The van der Waals surface area contributed by atoms with Crippen molar-refractivity contribution in [2.45, 2.75) is 12.8 Å². The van der Waals surface area contributed by atoms with Gasteiger partial charge in [-0.1, -0.05) is 6.07 Å². The normalized spacial score (nSPS) is 10.0. The minimum atomic E-state index is -0.965. The minimum absolute atomic E-state index is 0.0237. The number of halogens is 2. The molecule has 3 nitrogen and oxygen atoms in total. The Morgan fingerprint density at radius 2 is 1.93 bits per heavy atom. The summed E-state index contributed by atoms with van der Waals surface area (Å²) in [5.41, 5.74) is 0. The molecule has 0 heterocycles. The molecule has 0 aliphatic carbocycles. The van der Waals surface area contributed by atoms with Gasteiger partial charge in [0.1, 0.15) is 0 Å². The Hall–Kier alpha value is -1.65. The number of carboxylic acid groups (broad SMARTS) is 1. The van der Waals surface area contributed by atoms with Crippen LogP contribution in [0.1, 0.15) is 12.8 Å². The van der Waals surface area contributed by atoms with E-state index in [0.29, 0.717) is 0 Å². The second-order valence-electron chi connectivity index (χ2n) is 2.90. The number of carbonyl (C=O) groups is 1. The fraction of sp³-hybridized carbons (Fsp3) is 0.300. The Labute approximate surface area is 85.3 Å². The second-order valence-corrected chi connectivity index (χ2v) is 2.90. The van der Waals surface area contributed by atoms with Crippen LogP contribution < -0.4 is 4.74 Å². The molecule has 5 heteroatoms. The fourth-order valence-corrected chi connectivity index (χ4v) is 1.02. The molecule has 0 spiro atoms. The van der Waals surface area contributed by atoms with E-state index in [1.807, 2.05) is 0 Å². The van der Waals surface area contributed by atoms with Gasteiger partial charge < -0.3 is 9.84 Å². The summed E-state index contributed by atoms with van der Waals surface area (Å²) in [6.45, 7) is -0.0237. The summed E-state index contributed by atoms with van der Waals surface area (Å²) < 4.78 is 30.7. The molecule has 0 radical (unpaired) electrons. The summed E-state index contributed by atoms with van der Waals surface area (Å²) in [5, 5.41) is 8.32. The number of aliphatic carboxylic acids is 1. The summed E-state index contributed by atoms with van der Waals surface area (Å²) in [7, 11) is 0. The summed E-state index contributed by atoms with van der Waals surface area (Å²) >= 11 is 0. The third-order valence-electron chi connectivity index (χ3n) is 1.70. The van der Waals surface area contributed by atoms with E-state index in [1.165, 1.54) is 6.07 Å². The van der Waals surface area contributed by atoms with Gasteiger partial charge in [0.2, 0.25) is 0 Å². The fourth-order valence-electron chi connectivity index (χ4n) is 1.02. The van der Waals surface area contributed by atoms with Crippen LogP contribution in [0.15, 0.2) is 18.2 Å². The maximum Gasteiger partial charge on any atom is 0.303 e. The predicted molar refractivity (Wildman–Crippen MR) is 48.7 cm³/mol. The standard InChI is InChI=1S/C10H10F2O3/c11-7-3-1-4-8(12)10(7)15-6-2-5-9(13)14/h1,3-4H,2,5-6H2,(H,13,14). The van der Waals surface area contributed by atoms with E-state index in [0.717, 1.165) is 12.1 Å². The van der Waals surface area contributed by atoms with E-state index in [9.17, 15) is 13.6 Å². The molecule has 1 aromatic rings. The topological polar surface area (TPSA) is 46.5 Å². The Kier molecular flexibility index (Phi) is 4.03. The van der Waals surface area contributed by atoms with Crippen molar-refractivity contribution in [2.75, 3.05) is 6.61 Å². The van der Waals surface area contributed by atoms with E-state index in [4.69, 9.17) is 9.84 Å². The highest BCUT2D eigenvalue weighted by atomic mass is 19.1. The molecule has 0 aromatic heterocycles. The monoisotopic (exact) mass is 216 g/mol. The molecular weight excluding hydrogens is 206 g/mol. The zero-order chi connectivity index (χ0) is 11.3. The molecule has 82 valence electrons. The van der Waals surface area contributed by atoms with Gasteiger partial charge in [-0.05, 0) is 18.6 Å². The third kappa shape index (κ3) is 3.53. The van der Waals surface area contributed by atoms with Gasteiger partial charge in [-0.15, -0.1) is 0 Å². The summed E-state index contributed by atoms with van der Waals surface area (Å²) in [6.07, 6.45) is 0.124. The first-order valence-electron chi connectivity index (χ1n) is 4.40. The smallest absolute Gasteiger partial charge is 0.303 e. The van der Waals surface area contributed by atoms with Crippen molar-refractivity contribution in [1.82, 2.24) is 0 Å². The highest BCUT2D eigenvalue weighted by molar-refractivity contribution is 5.66. The van der Waals surface area contributed by atoms with Crippen molar-refractivity contribution >= 4 is 5.97 Å². The van der Waals surface area contributed by atoms with Crippen molar-refractivity contribution in [3.63, 3.8) is 0 Å². The molecule has 1 rings (SSSR count). The maximum absolute atomic E-state index is 13.0. The van der Waals surface area contributed by atoms with Gasteiger partial charge in [-0.3, -0.25) is 4.79 Å². The van der Waals surface area contributed by atoms with E-state index in [1.54, 1.807) is 0 Å². The lowest BCUT2D eigenvalue weighted by atomic mass is 10.3. The highest BCUT2D eigenvalue weighted by Gasteiger charge is 2.09. The van der Waals surface area contributed by atoms with Gasteiger partial charge in [0.05, 0.1) is 6.61 Å². The van der Waals surface area contributed by atoms with E-state index >= 15 is 0 Å². The lowest BCUT2D eigenvalue weighted by molar-refractivity contribution is -0.137. The molecule has 0 saturated carbocycles. The lowest BCUT2D eigenvalue weighted by Crippen LogP contribution is -2.04. The van der Waals surface area contributed by atoms with Gasteiger partial charge >= 0.3 is 5.97 Å². The molecule has 1 aromatic carbocycles. The van der Waals surface area contributed by atoms with Gasteiger partial charge in [-0.25, -0.2) is 8.78 Å². The van der Waals surface area contributed by atoms with Crippen molar-refractivity contribution in [3.05, 3.63) is 29.8 Å². The number of benzene rings is 1. The molecule has 0 amide bonds. The zero-order valence-corrected chi connectivity index (χ0v) is 7.87. The van der Waals surface area contributed by atoms with Crippen LogP contribution in [0.4, 0.5) is 8.78 Å². The Morgan fingerprint density at radius 3 is 2.47 bits per heavy atom. The molecule has 1 N–H and O–H groups in total. The number of carboxylic acids is 1. The molecule has 0 aliphatic rings. The number of hydrogen-bond donors (Lipinski definition) is 1. The first-order chi connectivity index (χ1) is 7.11. The van der Waals surface area contributed by atoms with Crippen LogP contribution in [0, 0.1) is 11.6 Å². The van der Waals surface area contributed by atoms with Crippen molar-refractivity contribution in [1.29, 1.82) is 0 Å². The van der Waals surface area contributed by atoms with Crippen LogP contribution >= 0.6 is 0 Å². The predicted octanol–water partition coefficient (Wildman–Crippen LogP) is 2.21. The number of hydrogen-bond acceptors (Lipinski definition) is 2. The van der Waals surface area contributed by atoms with Gasteiger partial charge in [0.25, 0.3) is 0 Å². The van der Waals surface area contributed by atoms with Gasteiger partial charge in [-0.2, -0.15) is 0 Å². The van der Waals surface area contributed by atoms with Crippen LogP contribution in [0.25, 0.3) is 0 Å².